The fraction of sp³-hybridized carbons (Fsp3) is 0.100. The topological polar surface area (TPSA) is 51.2 Å². The molecule has 0 aliphatic carbocycles. The van der Waals surface area contributed by atoms with Gasteiger partial charge in [0.15, 0.2) is 9.84 Å². The van der Waals surface area contributed by atoms with E-state index in [1.807, 2.05) is 0 Å². The largest absolute Gasteiger partial charge is 0.276 e. The zero-order valence-electron chi connectivity index (χ0n) is 7.98. The van der Waals surface area contributed by atoms with Crippen LogP contribution in [0, 0.1) is 0 Å². The predicted molar refractivity (Wildman–Crippen MR) is 59.4 cm³/mol. The van der Waals surface area contributed by atoms with Gasteiger partial charge in [0.05, 0.1) is 4.90 Å². The van der Waals surface area contributed by atoms with Gasteiger partial charge < -0.3 is 0 Å². The highest BCUT2D eigenvalue weighted by atomic mass is 35.5. The van der Waals surface area contributed by atoms with E-state index in [4.69, 9.17) is 11.6 Å². The highest BCUT2D eigenvalue weighted by Gasteiger charge is 2.10. The van der Waals surface area contributed by atoms with Crippen LogP contribution in [0.5, 0.6) is 0 Å². The number of hydrogen-bond acceptors (Lipinski definition) is 3. The molecule has 0 atom stereocenters. The van der Waals surface area contributed by atoms with E-state index in [0.717, 1.165) is 12.3 Å². The molecule has 80 valence electrons. The predicted octanol–water partition coefficient (Wildman–Crippen LogP) is 1.87. The summed E-state index contributed by atoms with van der Waals surface area (Å²) in [5, 5.41) is -0.640. The summed E-state index contributed by atoms with van der Waals surface area (Å²) in [4.78, 5) is 10.7. The van der Waals surface area contributed by atoms with Gasteiger partial charge in [0.25, 0.3) is 0 Å². The van der Waals surface area contributed by atoms with Gasteiger partial charge in [-0.1, -0.05) is 18.2 Å². The Kier molecular flexibility index (Phi) is 3.66. The molecule has 1 rings (SSSR count). The maximum absolute atomic E-state index is 11.3. The van der Waals surface area contributed by atoms with Crippen molar-refractivity contribution < 1.29 is 13.2 Å². The fourth-order valence-electron chi connectivity index (χ4n) is 1.11. The summed E-state index contributed by atoms with van der Waals surface area (Å²) in [6.07, 6.45) is 3.61. The second kappa shape index (κ2) is 4.59. The molecule has 0 aliphatic rings. The number of halogens is 1. The van der Waals surface area contributed by atoms with Gasteiger partial charge in [0.1, 0.15) is 0 Å². The summed E-state index contributed by atoms with van der Waals surface area (Å²) >= 11 is 5.12. The number of carbonyl (C=O) groups is 1. The first-order valence-corrected chi connectivity index (χ1v) is 6.35. The molecule has 0 spiro atoms. The van der Waals surface area contributed by atoms with Crippen LogP contribution in [-0.4, -0.2) is 19.9 Å². The van der Waals surface area contributed by atoms with Crippen LogP contribution < -0.4 is 0 Å². The summed E-state index contributed by atoms with van der Waals surface area (Å²) in [5.74, 6) is 0. The lowest BCUT2D eigenvalue weighted by molar-refractivity contribution is -0.107. The van der Waals surface area contributed by atoms with Crippen molar-refractivity contribution in [3.8, 4) is 0 Å². The van der Waals surface area contributed by atoms with Crippen LogP contribution >= 0.6 is 11.6 Å². The van der Waals surface area contributed by atoms with Crippen molar-refractivity contribution in [3.05, 3.63) is 35.9 Å². The van der Waals surface area contributed by atoms with Gasteiger partial charge in [0.2, 0.25) is 5.24 Å². The maximum atomic E-state index is 11.3. The number of rotatable bonds is 3. The molecule has 0 unspecified atom stereocenters. The third-order valence-corrected chi connectivity index (χ3v) is 3.01. The monoisotopic (exact) mass is 244 g/mol. The molecule has 1 aromatic rings. The van der Waals surface area contributed by atoms with Crippen LogP contribution in [0.3, 0.4) is 0 Å². The van der Waals surface area contributed by atoms with Crippen LogP contribution in [0.25, 0.3) is 6.08 Å². The molecule has 0 saturated heterocycles. The van der Waals surface area contributed by atoms with E-state index < -0.39 is 15.1 Å². The molecule has 0 radical (unpaired) electrons. The fourth-order valence-corrected chi connectivity index (χ4v) is 2.06. The Morgan fingerprint density at radius 3 is 2.47 bits per heavy atom. The molecule has 0 fully saturated rings. The van der Waals surface area contributed by atoms with Crippen LogP contribution in [0.15, 0.2) is 35.2 Å². The Bertz CT molecular complexity index is 503. The SMILES string of the molecule is CS(=O)(=O)c1ccccc1C=CC(=O)Cl. The summed E-state index contributed by atoms with van der Waals surface area (Å²) in [5.41, 5.74) is 0.453. The second-order valence-electron chi connectivity index (χ2n) is 2.95. The lowest BCUT2D eigenvalue weighted by atomic mass is 10.2. The summed E-state index contributed by atoms with van der Waals surface area (Å²) in [6.45, 7) is 0. The van der Waals surface area contributed by atoms with Gasteiger partial charge in [-0.15, -0.1) is 0 Å². The van der Waals surface area contributed by atoms with Crippen LogP contribution in [-0.2, 0) is 14.6 Å². The van der Waals surface area contributed by atoms with E-state index in [2.05, 4.69) is 0 Å². The van der Waals surface area contributed by atoms with E-state index >= 15 is 0 Å². The molecule has 5 heteroatoms. The zero-order chi connectivity index (χ0) is 11.5. The molecule has 0 heterocycles. The van der Waals surface area contributed by atoms with Crippen molar-refractivity contribution in [2.75, 3.05) is 6.26 Å². The zero-order valence-corrected chi connectivity index (χ0v) is 9.55. The van der Waals surface area contributed by atoms with Crippen LogP contribution in [0.4, 0.5) is 0 Å². The van der Waals surface area contributed by atoms with Crippen LogP contribution in [0.1, 0.15) is 5.56 Å². The Labute approximate surface area is 93.3 Å². The molecule has 0 aliphatic heterocycles. The number of allylic oxidation sites excluding steroid dienone is 1. The minimum absolute atomic E-state index is 0.180. The van der Waals surface area contributed by atoms with Crippen molar-refractivity contribution in [2.45, 2.75) is 4.90 Å². The Balaban J connectivity index is 3.25. The van der Waals surface area contributed by atoms with Gasteiger partial charge in [-0.25, -0.2) is 8.42 Å². The Morgan fingerprint density at radius 1 is 1.33 bits per heavy atom. The molecule has 0 amide bonds. The number of hydrogen-bond donors (Lipinski definition) is 0. The smallest absolute Gasteiger partial charge is 0.245 e. The molecule has 0 N–H and O–H groups in total. The van der Waals surface area contributed by atoms with Crippen molar-refractivity contribution in [1.82, 2.24) is 0 Å². The third kappa shape index (κ3) is 3.49. The maximum Gasteiger partial charge on any atom is 0.245 e. The van der Waals surface area contributed by atoms with E-state index in [-0.39, 0.29) is 4.90 Å². The molecule has 0 bridgehead atoms. The molecule has 15 heavy (non-hydrogen) atoms. The lowest BCUT2D eigenvalue weighted by Gasteiger charge is -2.02. The average Bonchev–Trinajstić information content (AvgIpc) is 2.13. The Morgan fingerprint density at radius 2 is 1.93 bits per heavy atom. The molecular weight excluding hydrogens is 236 g/mol. The molecule has 3 nitrogen and oxygen atoms in total. The van der Waals surface area contributed by atoms with Gasteiger partial charge in [-0.3, -0.25) is 4.79 Å². The van der Waals surface area contributed by atoms with Crippen molar-refractivity contribution in [1.29, 1.82) is 0 Å². The number of sulfone groups is 1. The highest BCUT2D eigenvalue weighted by molar-refractivity contribution is 7.90. The quantitative estimate of drug-likeness (QED) is 0.603. The number of benzene rings is 1. The highest BCUT2D eigenvalue weighted by Crippen LogP contribution is 2.16. The minimum Gasteiger partial charge on any atom is -0.276 e. The van der Waals surface area contributed by atoms with E-state index in [0.29, 0.717) is 5.56 Å². The van der Waals surface area contributed by atoms with Crippen molar-refractivity contribution >= 4 is 32.8 Å². The summed E-state index contributed by atoms with van der Waals surface area (Å²) in [7, 11) is -3.29. The van der Waals surface area contributed by atoms with Crippen molar-refractivity contribution in [2.24, 2.45) is 0 Å². The molecule has 1 aromatic carbocycles. The molecule has 0 saturated carbocycles. The molecule has 0 aromatic heterocycles. The van der Waals surface area contributed by atoms with Gasteiger partial charge in [0, 0.05) is 6.26 Å². The number of carbonyl (C=O) groups excluding carboxylic acids is 1. The normalized spacial score (nSPS) is 11.9. The standard InChI is InChI=1S/C10H9ClO3S/c1-15(13,14)9-5-3-2-4-8(9)6-7-10(11)12/h2-7H,1H3. The van der Waals surface area contributed by atoms with E-state index in [1.165, 1.54) is 12.1 Å². The first kappa shape index (κ1) is 11.9. The first-order valence-electron chi connectivity index (χ1n) is 4.08. The van der Waals surface area contributed by atoms with Gasteiger partial charge in [-0.2, -0.15) is 0 Å². The van der Waals surface area contributed by atoms with Gasteiger partial charge >= 0.3 is 0 Å². The Hall–Kier alpha value is -1.13. The summed E-state index contributed by atoms with van der Waals surface area (Å²) < 4.78 is 22.7. The lowest BCUT2D eigenvalue weighted by Crippen LogP contribution is -1.99. The second-order valence-corrected chi connectivity index (χ2v) is 5.30. The van der Waals surface area contributed by atoms with Crippen LogP contribution in [0.2, 0.25) is 0 Å². The third-order valence-electron chi connectivity index (χ3n) is 1.71. The average molecular weight is 245 g/mol. The summed E-state index contributed by atoms with van der Waals surface area (Å²) in [6, 6.07) is 6.39. The van der Waals surface area contributed by atoms with E-state index in [9.17, 15) is 13.2 Å². The first-order chi connectivity index (χ1) is 6.91. The van der Waals surface area contributed by atoms with Gasteiger partial charge in [-0.05, 0) is 35.4 Å². The van der Waals surface area contributed by atoms with E-state index in [1.54, 1.807) is 18.2 Å². The van der Waals surface area contributed by atoms with Crippen molar-refractivity contribution in [3.63, 3.8) is 0 Å². The molecular formula is C10H9ClO3S. The minimum atomic E-state index is -3.29.